The van der Waals surface area contributed by atoms with E-state index in [-0.39, 0.29) is 5.78 Å². The van der Waals surface area contributed by atoms with E-state index in [1.165, 1.54) is 0 Å². The van der Waals surface area contributed by atoms with Crippen molar-refractivity contribution in [2.45, 2.75) is 27.2 Å². The van der Waals surface area contributed by atoms with Crippen LogP contribution in [0.1, 0.15) is 35.3 Å². The summed E-state index contributed by atoms with van der Waals surface area (Å²) >= 11 is 0. The maximum Gasteiger partial charge on any atom is 0.160 e. The second-order valence-corrected chi connectivity index (χ2v) is 3.39. The van der Waals surface area contributed by atoms with Crippen LogP contribution in [0.2, 0.25) is 0 Å². The number of Topliss-reactive ketones (excluding diaryl/α,β-unsaturated/α-hetero) is 1. The highest BCUT2D eigenvalue weighted by Gasteiger charge is 2.09. The van der Waals surface area contributed by atoms with Crippen LogP contribution in [0.3, 0.4) is 0 Å². The lowest BCUT2D eigenvalue weighted by atomic mass is 10.00. The molecule has 0 radical (unpaired) electrons. The van der Waals surface area contributed by atoms with E-state index in [2.05, 4.69) is 6.92 Å². The topological polar surface area (TPSA) is 26.3 Å². The third-order valence-electron chi connectivity index (χ3n) is 2.39. The minimum Gasteiger partial charge on any atom is -0.496 e. The number of hydrogen-bond acceptors (Lipinski definition) is 2. The number of carbonyl (C=O) groups excluding carboxylic acids is 1. The van der Waals surface area contributed by atoms with E-state index >= 15 is 0 Å². The number of hydrogen-bond donors (Lipinski definition) is 0. The number of carbonyl (C=O) groups is 1. The number of ketones is 1. The molecule has 0 bridgehead atoms. The molecule has 0 spiro atoms. The Morgan fingerprint density at radius 1 is 1.43 bits per heavy atom. The van der Waals surface area contributed by atoms with Crippen molar-refractivity contribution >= 4 is 5.78 Å². The van der Waals surface area contributed by atoms with Gasteiger partial charge in [-0.2, -0.15) is 0 Å². The lowest BCUT2D eigenvalue weighted by Crippen LogP contribution is -2.00. The van der Waals surface area contributed by atoms with Crippen LogP contribution in [-0.2, 0) is 6.42 Å². The van der Waals surface area contributed by atoms with Crippen molar-refractivity contribution in [3.8, 4) is 5.75 Å². The molecule has 0 fully saturated rings. The third kappa shape index (κ3) is 1.95. The van der Waals surface area contributed by atoms with Crippen molar-refractivity contribution in [1.29, 1.82) is 0 Å². The molecular weight excluding hydrogens is 176 g/mol. The van der Waals surface area contributed by atoms with Gasteiger partial charge in [0.15, 0.2) is 5.78 Å². The van der Waals surface area contributed by atoms with E-state index in [0.29, 0.717) is 0 Å². The second-order valence-electron chi connectivity index (χ2n) is 3.39. The SMILES string of the molecule is CCc1cc(C(C)=O)c(C)cc1OC. The fourth-order valence-electron chi connectivity index (χ4n) is 1.57. The highest BCUT2D eigenvalue weighted by Crippen LogP contribution is 2.24. The van der Waals surface area contributed by atoms with Gasteiger partial charge < -0.3 is 4.74 Å². The Hall–Kier alpha value is -1.31. The number of methoxy groups -OCH3 is 1. The smallest absolute Gasteiger partial charge is 0.160 e. The highest BCUT2D eigenvalue weighted by atomic mass is 16.5. The van der Waals surface area contributed by atoms with Gasteiger partial charge >= 0.3 is 0 Å². The maximum atomic E-state index is 11.3. The van der Waals surface area contributed by atoms with Gasteiger partial charge in [0.05, 0.1) is 7.11 Å². The molecule has 1 rings (SSSR count). The number of benzene rings is 1. The zero-order chi connectivity index (χ0) is 10.7. The number of ether oxygens (including phenoxy) is 1. The van der Waals surface area contributed by atoms with Gasteiger partial charge in [-0.3, -0.25) is 4.79 Å². The Balaban J connectivity index is 3.30. The number of aryl methyl sites for hydroxylation is 2. The maximum absolute atomic E-state index is 11.3. The first kappa shape index (κ1) is 10.8. The van der Waals surface area contributed by atoms with Gasteiger partial charge in [-0.05, 0) is 43.5 Å². The molecule has 0 N–H and O–H groups in total. The highest BCUT2D eigenvalue weighted by molar-refractivity contribution is 5.95. The quantitative estimate of drug-likeness (QED) is 0.688. The van der Waals surface area contributed by atoms with Crippen molar-refractivity contribution in [3.05, 3.63) is 28.8 Å². The monoisotopic (exact) mass is 192 g/mol. The van der Waals surface area contributed by atoms with E-state index in [9.17, 15) is 4.79 Å². The van der Waals surface area contributed by atoms with Crippen LogP contribution in [0, 0.1) is 6.92 Å². The largest absolute Gasteiger partial charge is 0.496 e. The Bertz CT molecular complexity index is 354. The summed E-state index contributed by atoms with van der Waals surface area (Å²) in [5.74, 6) is 0.981. The molecular formula is C12H16O2. The summed E-state index contributed by atoms with van der Waals surface area (Å²) in [6.07, 6.45) is 0.879. The predicted molar refractivity (Wildman–Crippen MR) is 57.1 cm³/mol. The summed E-state index contributed by atoms with van der Waals surface area (Å²) in [6.45, 7) is 5.57. The average Bonchev–Trinajstić information content (AvgIpc) is 2.16. The molecule has 14 heavy (non-hydrogen) atoms. The Kier molecular flexibility index (Phi) is 3.28. The van der Waals surface area contributed by atoms with Crippen LogP contribution in [0.15, 0.2) is 12.1 Å². The summed E-state index contributed by atoms with van der Waals surface area (Å²) in [4.78, 5) is 11.3. The van der Waals surface area contributed by atoms with Crippen LogP contribution in [0.5, 0.6) is 5.75 Å². The van der Waals surface area contributed by atoms with Gasteiger partial charge in [-0.25, -0.2) is 0 Å². The van der Waals surface area contributed by atoms with Crippen LogP contribution in [0.25, 0.3) is 0 Å². The minimum absolute atomic E-state index is 0.111. The van der Waals surface area contributed by atoms with Crippen LogP contribution < -0.4 is 4.74 Å². The van der Waals surface area contributed by atoms with E-state index in [1.807, 2.05) is 19.1 Å². The minimum atomic E-state index is 0.111. The summed E-state index contributed by atoms with van der Waals surface area (Å²) in [5, 5.41) is 0. The van der Waals surface area contributed by atoms with Gasteiger partial charge in [0.25, 0.3) is 0 Å². The fraction of sp³-hybridized carbons (Fsp3) is 0.417. The van der Waals surface area contributed by atoms with Crippen molar-refractivity contribution in [2.24, 2.45) is 0 Å². The predicted octanol–water partition coefficient (Wildman–Crippen LogP) is 2.77. The average molecular weight is 192 g/mol. The van der Waals surface area contributed by atoms with Crippen LogP contribution >= 0.6 is 0 Å². The first-order valence-electron chi connectivity index (χ1n) is 4.78. The van der Waals surface area contributed by atoms with Gasteiger partial charge in [-0.1, -0.05) is 6.92 Å². The Labute approximate surface area is 84.9 Å². The molecule has 0 saturated carbocycles. The summed E-state index contributed by atoms with van der Waals surface area (Å²) in [5.41, 5.74) is 2.86. The normalized spacial score (nSPS) is 10.0. The molecule has 76 valence electrons. The van der Waals surface area contributed by atoms with Crippen LogP contribution in [-0.4, -0.2) is 12.9 Å². The van der Waals surface area contributed by atoms with Crippen molar-refractivity contribution in [1.82, 2.24) is 0 Å². The molecule has 0 aromatic heterocycles. The lowest BCUT2D eigenvalue weighted by Gasteiger charge is -2.10. The molecule has 0 amide bonds. The fourth-order valence-corrected chi connectivity index (χ4v) is 1.57. The molecule has 0 heterocycles. The van der Waals surface area contributed by atoms with Gasteiger partial charge in [0, 0.05) is 5.56 Å². The summed E-state index contributed by atoms with van der Waals surface area (Å²) < 4.78 is 5.24. The molecule has 0 aliphatic rings. The molecule has 1 aromatic rings. The molecule has 0 aliphatic heterocycles. The lowest BCUT2D eigenvalue weighted by molar-refractivity contribution is 0.101. The molecule has 0 aliphatic carbocycles. The van der Waals surface area contributed by atoms with Crippen molar-refractivity contribution in [2.75, 3.05) is 7.11 Å². The van der Waals surface area contributed by atoms with Crippen LogP contribution in [0.4, 0.5) is 0 Å². The van der Waals surface area contributed by atoms with Gasteiger partial charge in [0.1, 0.15) is 5.75 Å². The molecule has 1 aromatic carbocycles. The van der Waals surface area contributed by atoms with Crippen molar-refractivity contribution in [3.63, 3.8) is 0 Å². The van der Waals surface area contributed by atoms with E-state index in [4.69, 9.17) is 4.74 Å². The summed E-state index contributed by atoms with van der Waals surface area (Å²) in [6, 6.07) is 3.85. The van der Waals surface area contributed by atoms with Gasteiger partial charge in [-0.15, -0.1) is 0 Å². The Morgan fingerprint density at radius 2 is 2.07 bits per heavy atom. The first-order valence-corrected chi connectivity index (χ1v) is 4.78. The van der Waals surface area contributed by atoms with E-state index in [1.54, 1.807) is 14.0 Å². The number of rotatable bonds is 3. The zero-order valence-electron chi connectivity index (χ0n) is 9.18. The molecule has 0 unspecified atom stereocenters. The van der Waals surface area contributed by atoms with Crippen molar-refractivity contribution < 1.29 is 9.53 Å². The third-order valence-corrected chi connectivity index (χ3v) is 2.39. The Morgan fingerprint density at radius 3 is 2.50 bits per heavy atom. The van der Waals surface area contributed by atoms with Gasteiger partial charge in [0.2, 0.25) is 0 Å². The second kappa shape index (κ2) is 4.27. The molecule has 0 atom stereocenters. The van der Waals surface area contributed by atoms with E-state index in [0.717, 1.165) is 28.9 Å². The first-order chi connectivity index (χ1) is 6.60. The van der Waals surface area contributed by atoms with E-state index < -0.39 is 0 Å². The molecule has 2 nitrogen and oxygen atoms in total. The summed E-state index contributed by atoms with van der Waals surface area (Å²) in [7, 11) is 1.65. The molecule has 0 saturated heterocycles. The zero-order valence-corrected chi connectivity index (χ0v) is 9.18. The standard InChI is InChI=1S/C12H16O2/c1-5-10-7-11(9(3)13)8(2)6-12(10)14-4/h6-7H,5H2,1-4H3. The molecule has 2 heteroatoms.